The molecule has 0 N–H and O–H groups in total. The molecule has 5 heterocycles. The molecule has 0 radical (unpaired) electrons. The lowest BCUT2D eigenvalue weighted by Crippen LogP contribution is -2.59. The molecule has 1 aromatic heterocycles. The van der Waals surface area contributed by atoms with Gasteiger partial charge in [-0.05, 0) is 135 Å². The molecule has 0 amide bonds. The molecule has 22 atom stereocenters. The first-order valence-corrected chi connectivity index (χ1v) is 27.6. The maximum Gasteiger partial charge on any atom is 0.302 e. The highest BCUT2D eigenvalue weighted by Crippen LogP contribution is 2.72. The molecule has 12 aliphatic rings. The smallest absolute Gasteiger partial charge is 0.302 e. The maximum absolute atomic E-state index is 13.1. The number of esters is 2. The van der Waals surface area contributed by atoms with E-state index in [4.69, 9.17) is 38.4 Å². The molecule has 10 heteroatoms. The molecule has 4 aliphatic heterocycles. The van der Waals surface area contributed by atoms with Crippen LogP contribution in [0.2, 0.25) is 0 Å². The Labute approximate surface area is 405 Å². The molecule has 4 saturated heterocycles. The number of hydrogen-bond acceptors (Lipinski definition) is 10. The van der Waals surface area contributed by atoms with Crippen molar-refractivity contribution in [1.82, 2.24) is 9.97 Å². The molecule has 1 aromatic rings. The lowest BCUT2D eigenvalue weighted by Gasteiger charge is -2.61. The summed E-state index contributed by atoms with van der Waals surface area (Å²) in [5.74, 6) is 3.12. The summed E-state index contributed by atoms with van der Waals surface area (Å²) >= 11 is 0. The molecule has 2 spiro atoms. The Morgan fingerprint density at radius 3 is 1.37 bits per heavy atom. The fourth-order valence-corrected chi connectivity index (χ4v) is 19.8. The summed E-state index contributed by atoms with van der Waals surface area (Å²) in [5, 5.41) is 0. The van der Waals surface area contributed by atoms with Crippen LogP contribution in [0.3, 0.4) is 0 Å². The molecule has 68 heavy (non-hydrogen) atoms. The second-order valence-electron chi connectivity index (χ2n) is 26.6. The minimum Gasteiger partial charge on any atom is -0.462 e. The van der Waals surface area contributed by atoms with Gasteiger partial charge in [-0.2, -0.15) is 0 Å². The third-order valence-electron chi connectivity index (χ3n) is 23.4. The fraction of sp³-hybridized carbons (Fsp3) is 0.828. The number of carbonyl (C=O) groups is 2. The van der Waals surface area contributed by atoms with Crippen LogP contribution in [0.15, 0.2) is 23.3 Å². The number of ether oxygens (including phenoxy) is 6. The predicted octanol–water partition coefficient (Wildman–Crippen LogP) is 10.1. The third kappa shape index (κ3) is 5.95. The van der Waals surface area contributed by atoms with Gasteiger partial charge in [0.05, 0.1) is 48.2 Å². The van der Waals surface area contributed by atoms with E-state index in [1.165, 1.54) is 46.8 Å². The summed E-state index contributed by atoms with van der Waals surface area (Å²) in [4.78, 5) is 37.6. The van der Waals surface area contributed by atoms with Crippen molar-refractivity contribution in [2.75, 3.05) is 13.2 Å². The highest BCUT2D eigenvalue weighted by molar-refractivity contribution is 5.67. The van der Waals surface area contributed by atoms with E-state index in [1.54, 1.807) is 13.8 Å². The van der Waals surface area contributed by atoms with Gasteiger partial charge in [0.2, 0.25) is 0 Å². The van der Waals surface area contributed by atoms with Crippen LogP contribution in [0, 0.1) is 92.7 Å². The van der Waals surface area contributed by atoms with Gasteiger partial charge in [0.25, 0.3) is 0 Å². The minimum absolute atomic E-state index is 0.0168. The molecule has 0 aromatic carbocycles. The number of rotatable bonds is 2. The van der Waals surface area contributed by atoms with Gasteiger partial charge in [0, 0.05) is 61.2 Å². The van der Waals surface area contributed by atoms with Gasteiger partial charge in [-0.1, -0.05) is 78.7 Å². The predicted molar refractivity (Wildman–Crippen MR) is 254 cm³/mol. The monoisotopic (exact) mass is 933 g/mol. The van der Waals surface area contributed by atoms with Gasteiger partial charge in [0.15, 0.2) is 11.6 Å². The second-order valence-corrected chi connectivity index (χ2v) is 26.6. The first kappa shape index (κ1) is 45.2. The summed E-state index contributed by atoms with van der Waals surface area (Å²) < 4.78 is 40.4. The minimum atomic E-state index is -0.547. The number of nitrogens with zero attached hydrogens (tertiary/aromatic N) is 2. The van der Waals surface area contributed by atoms with Crippen molar-refractivity contribution in [3.05, 3.63) is 46.1 Å². The summed E-state index contributed by atoms with van der Waals surface area (Å²) in [6.45, 7) is 23.9. The van der Waals surface area contributed by atoms with Gasteiger partial charge in [-0.3, -0.25) is 19.6 Å². The lowest BCUT2D eigenvalue weighted by molar-refractivity contribution is -0.265. The standard InChI is InChI=1S/C58H80N2O8/c1-29-15-17-57(63-27-29)31(3)51-47(67-57)21-41-37-13-11-35-19-43-45(25-53(35,7)39(37)23-49(55(41,51)9)65-33(5)61)59-44-20-36-12-14-38-40(54(36,8)26-46(44)60-43)24-50(66-34(6)62)56(10)42(38)22-48-52(56)32(4)58(68-48)18-16-30(2)28-64-58/h21-22,29-32,35-40,47-52H,11-20,23-28H2,1-10H3/t29-,30-,31-,32-,35-,36-,37+,38+,39-,40-,47-,48-,49+,50+,51-,52-,53-,54-,55+,56+,57+,58+/m0/s1. The SMILES string of the molecule is CC(=O)O[C@@H]1C[C@H]2[C@@H](CC[C@H]3Cc4nc5c(nc4C[C@@]32C)C[C@@H]2CC[C@H]3C4=C[C@@H]6O[C@]7(CC[C@H](C)CO7)[C@@H](C)[C@@H]6[C@@]4(C)[C@H](OC(C)=O)C[C@@H]3[C@@]2(C)C5)C2=C[C@@H]3O[C@]4(CC[C@H](C)CO4)[C@@H](C)[C@@H]3[C@]21C. The van der Waals surface area contributed by atoms with Crippen LogP contribution in [0.1, 0.15) is 156 Å². The van der Waals surface area contributed by atoms with Crippen LogP contribution in [0.5, 0.6) is 0 Å². The Morgan fingerprint density at radius 1 is 0.588 bits per heavy atom. The Hall–Kier alpha value is -2.66. The molecule has 10 nitrogen and oxygen atoms in total. The van der Waals surface area contributed by atoms with E-state index in [0.29, 0.717) is 47.3 Å². The van der Waals surface area contributed by atoms with Crippen LogP contribution >= 0.6 is 0 Å². The van der Waals surface area contributed by atoms with E-state index in [9.17, 15) is 9.59 Å². The Balaban J connectivity index is 0.788. The molecular weight excluding hydrogens is 853 g/mol. The van der Waals surface area contributed by atoms with Crippen LogP contribution in [-0.4, -0.2) is 71.1 Å². The highest BCUT2D eigenvalue weighted by atomic mass is 16.7. The van der Waals surface area contributed by atoms with E-state index >= 15 is 0 Å². The van der Waals surface area contributed by atoms with E-state index < -0.39 is 11.6 Å². The Kier molecular flexibility index (Phi) is 9.95. The van der Waals surface area contributed by atoms with Gasteiger partial charge >= 0.3 is 11.9 Å². The average molecular weight is 933 g/mol. The highest BCUT2D eigenvalue weighted by Gasteiger charge is 2.72. The van der Waals surface area contributed by atoms with Crippen molar-refractivity contribution in [3.63, 3.8) is 0 Å². The molecule has 13 rings (SSSR count). The first-order chi connectivity index (χ1) is 32.3. The molecule has 8 fully saturated rings. The van der Waals surface area contributed by atoms with Gasteiger partial charge < -0.3 is 28.4 Å². The first-order valence-electron chi connectivity index (χ1n) is 27.6. The number of fused-ring (bicyclic) bond motifs is 16. The summed E-state index contributed by atoms with van der Waals surface area (Å²) in [6.07, 6.45) is 18.8. The van der Waals surface area contributed by atoms with Crippen molar-refractivity contribution in [2.24, 2.45) is 92.7 Å². The lowest BCUT2D eigenvalue weighted by atomic mass is 9.44. The second kappa shape index (κ2) is 15.0. The summed E-state index contributed by atoms with van der Waals surface area (Å²) in [6, 6.07) is 0. The summed E-state index contributed by atoms with van der Waals surface area (Å²) in [5.41, 5.74) is 7.33. The van der Waals surface area contributed by atoms with Crippen molar-refractivity contribution in [2.45, 2.75) is 195 Å². The van der Waals surface area contributed by atoms with Crippen LogP contribution in [0.4, 0.5) is 0 Å². The largest absolute Gasteiger partial charge is 0.462 e. The van der Waals surface area contributed by atoms with E-state index in [0.717, 1.165) is 90.3 Å². The zero-order chi connectivity index (χ0) is 47.2. The fourth-order valence-electron chi connectivity index (χ4n) is 19.8. The molecule has 370 valence electrons. The Bertz CT molecular complexity index is 2200. The normalized spacial score (nSPS) is 53.5. The molecule has 4 saturated carbocycles. The Morgan fingerprint density at radius 2 is 1.00 bits per heavy atom. The molecule has 0 unspecified atom stereocenters. The topological polar surface area (TPSA) is 115 Å². The van der Waals surface area contributed by atoms with Gasteiger partial charge in [-0.25, -0.2) is 0 Å². The quantitative estimate of drug-likeness (QED) is 0.210. The van der Waals surface area contributed by atoms with Crippen molar-refractivity contribution < 1.29 is 38.0 Å². The van der Waals surface area contributed by atoms with Crippen molar-refractivity contribution >= 4 is 11.9 Å². The molecular formula is C58H80N2O8. The number of carbonyl (C=O) groups excluding carboxylic acids is 2. The zero-order valence-corrected chi connectivity index (χ0v) is 42.9. The van der Waals surface area contributed by atoms with Crippen LogP contribution < -0.4 is 0 Å². The molecule has 8 aliphatic carbocycles. The van der Waals surface area contributed by atoms with Crippen molar-refractivity contribution in [1.29, 1.82) is 0 Å². The van der Waals surface area contributed by atoms with Gasteiger partial charge in [-0.15, -0.1) is 0 Å². The van der Waals surface area contributed by atoms with E-state index in [-0.39, 0.29) is 81.7 Å². The van der Waals surface area contributed by atoms with Crippen LogP contribution in [0.25, 0.3) is 0 Å². The molecule has 0 bridgehead atoms. The summed E-state index contributed by atoms with van der Waals surface area (Å²) in [7, 11) is 0. The zero-order valence-electron chi connectivity index (χ0n) is 42.9. The van der Waals surface area contributed by atoms with Gasteiger partial charge in [0.1, 0.15) is 12.2 Å². The van der Waals surface area contributed by atoms with Crippen LogP contribution in [-0.2, 0) is 63.7 Å². The average Bonchev–Trinajstić information content (AvgIpc) is 3.94. The van der Waals surface area contributed by atoms with E-state index in [1.807, 2.05) is 0 Å². The third-order valence-corrected chi connectivity index (χ3v) is 23.4. The van der Waals surface area contributed by atoms with Crippen molar-refractivity contribution in [3.8, 4) is 0 Å². The number of hydrogen-bond donors (Lipinski definition) is 0. The van der Waals surface area contributed by atoms with E-state index in [2.05, 4.69) is 67.5 Å². The number of aromatic nitrogens is 2. The maximum atomic E-state index is 13.1.